The maximum absolute atomic E-state index is 9.65. The fourth-order valence-electron chi connectivity index (χ4n) is 5.58. The molecule has 0 spiro atoms. The molecule has 0 aromatic heterocycles. The van der Waals surface area contributed by atoms with Gasteiger partial charge in [0.15, 0.2) is 0 Å². The number of hydrogen-bond acceptors (Lipinski definition) is 1. The minimum Gasteiger partial charge on any atom is -0.389 e. The average Bonchev–Trinajstić information content (AvgIpc) is 2.37. The van der Waals surface area contributed by atoms with Crippen LogP contribution in [-0.2, 0) is 5.41 Å². The first-order chi connectivity index (χ1) is 9.14. The van der Waals surface area contributed by atoms with E-state index in [4.69, 9.17) is 0 Å². The molecular weight excluding hydrogens is 232 g/mol. The normalized spacial score (nSPS) is 41.5. The molecule has 1 aromatic rings. The number of aliphatic hydroxyl groups excluding tert-OH is 1. The molecule has 0 heterocycles. The Hall–Kier alpha value is -0.820. The monoisotopic (exact) mass is 256 g/mol. The molecular formula is C18H24O. The zero-order chi connectivity index (χ0) is 13.0. The first kappa shape index (κ1) is 12.0. The quantitative estimate of drug-likeness (QED) is 0.840. The molecule has 4 bridgehead atoms. The predicted octanol–water partition coefficient (Wildman–Crippen LogP) is 4.21. The zero-order valence-electron chi connectivity index (χ0n) is 11.8. The summed E-state index contributed by atoms with van der Waals surface area (Å²) in [5.74, 6) is 3.01. The molecule has 1 aromatic carbocycles. The van der Waals surface area contributed by atoms with Gasteiger partial charge in [-0.3, -0.25) is 0 Å². The molecule has 4 aliphatic rings. The van der Waals surface area contributed by atoms with Crippen LogP contribution in [0.4, 0.5) is 0 Å². The molecule has 102 valence electrons. The van der Waals surface area contributed by atoms with Crippen molar-refractivity contribution in [2.75, 3.05) is 0 Å². The third kappa shape index (κ3) is 1.86. The summed E-state index contributed by atoms with van der Waals surface area (Å²) in [7, 11) is 0. The Morgan fingerprint density at radius 1 is 0.947 bits per heavy atom. The van der Waals surface area contributed by atoms with Crippen molar-refractivity contribution in [3.8, 4) is 0 Å². The Balaban J connectivity index is 1.67. The van der Waals surface area contributed by atoms with E-state index in [1.165, 1.54) is 38.5 Å². The highest BCUT2D eigenvalue weighted by Crippen LogP contribution is 2.60. The van der Waals surface area contributed by atoms with Gasteiger partial charge in [-0.2, -0.15) is 0 Å². The summed E-state index contributed by atoms with van der Waals surface area (Å²) in [6.45, 7) is 1.85. The van der Waals surface area contributed by atoms with E-state index in [9.17, 15) is 5.11 Å². The van der Waals surface area contributed by atoms with Crippen LogP contribution in [0.5, 0.6) is 0 Å². The molecule has 0 radical (unpaired) electrons. The number of rotatable bonds is 2. The van der Waals surface area contributed by atoms with E-state index < -0.39 is 0 Å². The SMILES string of the molecule is C[C@@H](O)c1ccc(C23CC4CC(CC(C4)C2)C3)cc1. The summed E-state index contributed by atoms with van der Waals surface area (Å²) >= 11 is 0. The Morgan fingerprint density at radius 3 is 1.84 bits per heavy atom. The topological polar surface area (TPSA) is 20.2 Å². The van der Waals surface area contributed by atoms with Crippen LogP contribution in [0.25, 0.3) is 0 Å². The van der Waals surface area contributed by atoms with Crippen molar-refractivity contribution in [3.63, 3.8) is 0 Å². The second-order valence-electron chi connectivity index (χ2n) is 7.50. The van der Waals surface area contributed by atoms with Gasteiger partial charge in [0.05, 0.1) is 6.10 Å². The van der Waals surface area contributed by atoms with Crippen molar-refractivity contribution in [2.45, 2.75) is 57.0 Å². The van der Waals surface area contributed by atoms with Crippen molar-refractivity contribution in [1.82, 2.24) is 0 Å². The molecule has 0 saturated heterocycles. The number of hydrogen-bond donors (Lipinski definition) is 1. The van der Waals surface area contributed by atoms with Crippen LogP contribution in [0.15, 0.2) is 24.3 Å². The molecule has 0 aliphatic heterocycles. The van der Waals surface area contributed by atoms with Crippen LogP contribution in [-0.4, -0.2) is 5.11 Å². The Kier molecular flexibility index (Phi) is 2.57. The van der Waals surface area contributed by atoms with E-state index in [1.807, 2.05) is 6.92 Å². The standard InChI is InChI=1S/C18H24O/c1-12(19)16-2-4-17(5-3-16)18-9-13-6-14(10-18)8-15(7-13)11-18/h2-5,12-15,19H,6-11H2,1H3/t12-,13?,14?,15?,18?/m1/s1. The van der Waals surface area contributed by atoms with Crippen LogP contribution in [0, 0.1) is 17.8 Å². The van der Waals surface area contributed by atoms with E-state index in [2.05, 4.69) is 24.3 Å². The maximum atomic E-state index is 9.65. The summed E-state index contributed by atoms with van der Waals surface area (Å²) < 4.78 is 0. The molecule has 1 nitrogen and oxygen atoms in total. The molecule has 1 heteroatoms. The summed E-state index contributed by atoms with van der Waals surface area (Å²) in [5.41, 5.74) is 3.09. The van der Waals surface area contributed by atoms with Gasteiger partial charge in [0, 0.05) is 0 Å². The first-order valence-corrected chi connectivity index (χ1v) is 7.93. The highest BCUT2D eigenvalue weighted by molar-refractivity contribution is 5.32. The third-order valence-electron chi connectivity index (χ3n) is 6.04. The van der Waals surface area contributed by atoms with Gasteiger partial charge in [-0.15, -0.1) is 0 Å². The fourth-order valence-corrected chi connectivity index (χ4v) is 5.58. The average molecular weight is 256 g/mol. The molecule has 0 amide bonds. The fraction of sp³-hybridized carbons (Fsp3) is 0.667. The Bertz CT molecular complexity index is 436. The second-order valence-corrected chi connectivity index (χ2v) is 7.50. The molecule has 5 rings (SSSR count). The lowest BCUT2D eigenvalue weighted by atomic mass is 9.48. The molecule has 19 heavy (non-hydrogen) atoms. The summed E-state index contributed by atoms with van der Waals surface area (Å²) in [6.07, 6.45) is 8.44. The molecule has 4 aliphatic carbocycles. The lowest BCUT2D eigenvalue weighted by Gasteiger charge is -2.57. The van der Waals surface area contributed by atoms with Crippen LogP contribution >= 0.6 is 0 Å². The number of aliphatic hydroxyl groups is 1. The van der Waals surface area contributed by atoms with Gasteiger partial charge in [-0.05, 0) is 79.7 Å². The minimum atomic E-state index is -0.342. The largest absolute Gasteiger partial charge is 0.389 e. The van der Waals surface area contributed by atoms with Crippen molar-refractivity contribution < 1.29 is 5.11 Å². The van der Waals surface area contributed by atoms with Crippen LogP contribution in [0.3, 0.4) is 0 Å². The smallest absolute Gasteiger partial charge is 0.0761 e. The summed E-state index contributed by atoms with van der Waals surface area (Å²) in [6, 6.07) is 8.88. The van der Waals surface area contributed by atoms with Gasteiger partial charge in [0.2, 0.25) is 0 Å². The van der Waals surface area contributed by atoms with E-state index in [0.29, 0.717) is 5.41 Å². The molecule has 4 saturated carbocycles. The van der Waals surface area contributed by atoms with E-state index in [1.54, 1.807) is 5.56 Å². The zero-order valence-corrected chi connectivity index (χ0v) is 11.8. The Labute approximate surface area is 116 Å². The van der Waals surface area contributed by atoms with Crippen LogP contribution in [0.1, 0.15) is 62.7 Å². The van der Waals surface area contributed by atoms with Crippen LogP contribution < -0.4 is 0 Å². The Morgan fingerprint density at radius 2 is 1.42 bits per heavy atom. The van der Waals surface area contributed by atoms with Gasteiger partial charge in [-0.1, -0.05) is 24.3 Å². The van der Waals surface area contributed by atoms with Gasteiger partial charge >= 0.3 is 0 Å². The lowest BCUT2D eigenvalue weighted by Crippen LogP contribution is -2.48. The first-order valence-electron chi connectivity index (χ1n) is 7.93. The van der Waals surface area contributed by atoms with Gasteiger partial charge in [-0.25, -0.2) is 0 Å². The van der Waals surface area contributed by atoms with Crippen LogP contribution in [0.2, 0.25) is 0 Å². The number of benzene rings is 1. The molecule has 4 fully saturated rings. The van der Waals surface area contributed by atoms with Gasteiger partial charge in [0.25, 0.3) is 0 Å². The molecule has 0 unspecified atom stereocenters. The molecule has 1 atom stereocenters. The van der Waals surface area contributed by atoms with E-state index in [-0.39, 0.29) is 6.10 Å². The van der Waals surface area contributed by atoms with Gasteiger partial charge in [0.1, 0.15) is 0 Å². The maximum Gasteiger partial charge on any atom is 0.0761 e. The minimum absolute atomic E-state index is 0.342. The summed E-state index contributed by atoms with van der Waals surface area (Å²) in [4.78, 5) is 0. The van der Waals surface area contributed by atoms with E-state index >= 15 is 0 Å². The third-order valence-corrected chi connectivity index (χ3v) is 6.04. The van der Waals surface area contributed by atoms with E-state index in [0.717, 1.165) is 23.3 Å². The second kappa shape index (κ2) is 4.09. The van der Waals surface area contributed by atoms with Crippen molar-refractivity contribution >= 4 is 0 Å². The molecule has 1 N–H and O–H groups in total. The highest BCUT2D eigenvalue weighted by atomic mass is 16.3. The predicted molar refractivity (Wildman–Crippen MR) is 76.9 cm³/mol. The van der Waals surface area contributed by atoms with Crippen molar-refractivity contribution in [2.24, 2.45) is 17.8 Å². The van der Waals surface area contributed by atoms with Crippen molar-refractivity contribution in [3.05, 3.63) is 35.4 Å². The highest BCUT2D eigenvalue weighted by Gasteiger charge is 2.51. The van der Waals surface area contributed by atoms with Crippen molar-refractivity contribution in [1.29, 1.82) is 0 Å². The van der Waals surface area contributed by atoms with Gasteiger partial charge < -0.3 is 5.11 Å². The summed E-state index contributed by atoms with van der Waals surface area (Å²) in [5, 5.41) is 9.65. The lowest BCUT2D eigenvalue weighted by molar-refractivity contribution is -0.00521.